The van der Waals surface area contributed by atoms with Gasteiger partial charge in [-0.25, -0.2) is 4.39 Å². The Morgan fingerprint density at radius 2 is 2.33 bits per heavy atom. The summed E-state index contributed by atoms with van der Waals surface area (Å²) < 4.78 is 13.3. The topological polar surface area (TPSA) is 23.5 Å². The first kappa shape index (κ1) is 13.8. The molecule has 0 saturated carbocycles. The van der Waals surface area contributed by atoms with Crippen LogP contribution >= 0.6 is 11.6 Å². The van der Waals surface area contributed by atoms with Gasteiger partial charge in [-0.05, 0) is 43.9 Å². The Labute approximate surface area is 112 Å². The monoisotopic (exact) mass is 271 g/mol. The number of hydrogen-bond donors (Lipinski definition) is 1. The lowest BCUT2D eigenvalue weighted by Gasteiger charge is -2.34. The average molecular weight is 272 g/mol. The average Bonchev–Trinajstić information content (AvgIpc) is 2.35. The van der Waals surface area contributed by atoms with Crippen LogP contribution in [-0.2, 0) is 6.54 Å². The number of hydrogen-bond acceptors (Lipinski definition) is 2. The molecule has 0 aromatic heterocycles. The maximum atomic E-state index is 13.3. The molecule has 1 N–H and O–H groups in total. The number of aliphatic hydroxyl groups excluding tert-OH is 1. The molecular formula is C14H19ClFNO. The van der Waals surface area contributed by atoms with Gasteiger partial charge in [0.15, 0.2) is 0 Å². The Morgan fingerprint density at radius 3 is 3.06 bits per heavy atom. The molecule has 2 rings (SSSR count). The predicted molar refractivity (Wildman–Crippen MR) is 71.1 cm³/mol. The SMILES string of the molecule is CC(O)C1CCCN(Cc2cccc(F)c2Cl)C1. The van der Waals surface area contributed by atoms with Crippen molar-refractivity contribution in [3.63, 3.8) is 0 Å². The lowest BCUT2D eigenvalue weighted by molar-refractivity contribution is 0.0599. The highest BCUT2D eigenvalue weighted by molar-refractivity contribution is 6.31. The molecule has 1 aromatic rings. The minimum atomic E-state index is -0.363. The summed E-state index contributed by atoms with van der Waals surface area (Å²) in [6, 6.07) is 4.92. The first-order chi connectivity index (χ1) is 8.58. The molecule has 4 heteroatoms. The van der Waals surface area contributed by atoms with Crippen LogP contribution in [0.1, 0.15) is 25.3 Å². The number of rotatable bonds is 3. The number of aliphatic hydroxyl groups is 1. The van der Waals surface area contributed by atoms with Gasteiger partial charge in [-0.15, -0.1) is 0 Å². The molecule has 0 aliphatic carbocycles. The highest BCUT2D eigenvalue weighted by Crippen LogP contribution is 2.25. The quantitative estimate of drug-likeness (QED) is 0.913. The minimum Gasteiger partial charge on any atom is -0.393 e. The van der Waals surface area contributed by atoms with Crippen LogP contribution in [0.4, 0.5) is 4.39 Å². The molecular weight excluding hydrogens is 253 g/mol. The van der Waals surface area contributed by atoms with E-state index >= 15 is 0 Å². The van der Waals surface area contributed by atoms with Crippen molar-refractivity contribution in [2.45, 2.75) is 32.4 Å². The molecule has 0 amide bonds. The molecule has 2 atom stereocenters. The van der Waals surface area contributed by atoms with Crippen LogP contribution in [0.25, 0.3) is 0 Å². The van der Waals surface area contributed by atoms with Crippen LogP contribution in [0, 0.1) is 11.7 Å². The molecule has 2 unspecified atom stereocenters. The van der Waals surface area contributed by atoms with Crippen LogP contribution < -0.4 is 0 Å². The van der Waals surface area contributed by atoms with Crippen molar-refractivity contribution >= 4 is 11.6 Å². The van der Waals surface area contributed by atoms with E-state index in [1.54, 1.807) is 6.07 Å². The van der Waals surface area contributed by atoms with Crippen LogP contribution in [-0.4, -0.2) is 29.2 Å². The van der Waals surface area contributed by atoms with Gasteiger partial charge in [-0.1, -0.05) is 23.7 Å². The number of nitrogens with zero attached hydrogens (tertiary/aromatic N) is 1. The van der Waals surface area contributed by atoms with E-state index in [4.69, 9.17) is 11.6 Å². The van der Waals surface area contributed by atoms with Gasteiger partial charge in [0.05, 0.1) is 11.1 Å². The zero-order valence-corrected chi connectivity index (χ0v) is 11.3. The molecule has 1 heterocycles. The smallest absolute Gasteiger partial charge is 0.142 e. The summed E-state index contributed by atoms with van der Waals surface area (Å²) in [6.45, 7) is 4.32. The summed E-state index contributed by atoms with van der Waals surface area (Å²) in [7, 11) is 0. The molecule has 1 saturated heterocycles. The lowest BCUT2D eigenvalue weighted by atomic mass is 9.93. The molecule has 0 spiro atoms. The van der Waals surface area contributed by atoms with Gasteiger partial charge in [-0.2, -0.15) is 0 Å². The summed E-state index contributed by atoms with van der Waals surface area (Å²) in [5.74, 6) is -0.0515. The lowest BCUT2D eigenvalue weighted by Crippen LogP contribution is -2.39. The van der Waals surface area contributed by atoms with Crippen molar-refractivity contribution in [3.8, 4) is 0 Å². The maximum absolute atomic E-state index is 13.3. The summed E-state index contributed by atoms with van der Waals surface area (Å²) >= 11 is 5.96. The fourth-order valence-electron chi connectivity index (χ4n) is 2.54. The normalized spacial score (nSPS) is 23.0. The van der Waals surface area contributed by atoms with Crippen LogP contribution in [0.15, 0.2) is 18.2 Å². The van der Waals surface area contributed by atoms with Gasteiger partial charge in [-0.3, -0.25) is 4.90 Å². The number of piperidine rings is 1. The fourth-order valence-corrected chi connectivity index (χ4v) is 2.73. The van der Waals surface area contributed by atoms with Gasteiger partial charge < -0.3 is 5.11 Å². The summed E-state index contributed by atoms with van der Waals surface area (Å²) in [5, 5.41) is 9.87. The predicted octanol–water partition coefficient (Wildman–Crippen LogP) is 3.07. The molecule has 1 aliphatic rings. The van der Waals surface area contributed by atoms with Gasteiger partial charge in [0, 0.05) is 13.1 Å². The summed E-state index contributed by atoms with van der Waals surface area (Å²) in [6.07, 6.45) is 1.85. The van der Waals surface area contributed by atoms with E-state index in [1.165, 1.54) is 6.07 Å². The highest BCUT2D eigenvalue weighted by Gasteiger charge is 2.23. The first-order valence-corrected chi connectivity index (χ1v) is 6.79. The second-order valence-corrected chi connectivity index (χ2v) is 5.47. The Kier molecular flexibility index (Phi) is 4.60. The van der Waals surface area contributed by atoms with Gasteiger partial charge in [0.2, 0.25) is 0 Å². The van der Waals surface area contributed by atoms with Crippen molar-refractivity contribution in [1.29, 1.82) is 0 Å². The van der Waals surface area contributed by atoms with E-state index in [0.29, 0.717) is 12.5 Å². The standard InChI is InChI=1S/C14H19ClFNO/c1-10(18)11-5-3-7-17(8-11)9-12-4-2-6-13(16)14(12)15/h2,4,6,10-11,18H,3,5,7-9H2,1H3. The molecule has 18 heavy (non-hydrogen) atoms. The molecule has 2 nitrogen and oxygen atoms in total. The fraction of sp³-hybridized carbons (Fsp3) is 0.571. The molecule has 0 radical (unpaired) electrons. The van der Waals surface area contributed by atoms with E-state index in [1.807, 2.05) is 13.0 Å². The molecule has 1 fully saturated rings. The number of likely N-dealkylation sites (tertiary alicyclic amines) is 1. The van der Waals surface area contributed by atoms with Crippen molar-refractivity contribution < 1.29 is 9.50 Å². The van der Waals surface area contributed by atoms with E-state index in [2.05, 4.69) is 4.90 Å². The largest absolute Gasteiger partial charge is 0.393 e. The highest BCUT2D eigenvalue weighted by atomic mass is 35.5. The van der Waals surface area contributed by atoms with E-state index in [0.717, 1.165) is 31.5 Å². The van der Waals surface area contributed by atoms with Crippen LogP contribution in [0.5, 0.6) is 0 Å². The molecule has 100 valence electrons. The Morgan fingerprint density at radius 1 is 1.56 bits per heavy atom. The maximum Gasteiger partial charge on any atom is 0.142 e. The Hall–Kier alpha value is -0.640. The summed E-state index contributed by atoms with van der Waals surface area (Å²) in [4.78, 5) is 2.24. The Bertz CT molecular complexity index is 411. The third kappa shape index (κ3) is 3.22. The van der Waals surface area contributed by atoms with Crippen LogP contribution in [0.3, 0.4) is 0 Å². The molecule has 1 aliphatic heterocycles. The zero-order valence-electron chi connectivity index (χ0n) is 10.6. The van der Waals surface area contributed by atoms with Crippen molar-refractivity contribution in [2.24, 2.45) is 5.92 Å². The second-order valence-electron chi connectivity index (χ2n) is 5.09. The summed E-state index contributed by atoms with van der Waals surface area (Å²) in [5.41, 5.74) is 0.822. The first-order valence-electron chi connectivity index (χ1n) is 6.41. The molecule has 0 bridgehead atoms. The Balaban J connectivity index is 2.03. The van der Waals surface area contributed by atoms with E-state index < -0.39 is 0 Å². The van der Waals surface area contributed by atoms with Gasteiger partial charge >= 0.3 is 0 Å². The number of benzene rings is 1. The third-order valence-corrected chi connectivity index (χ3v) is 4.07. The van der Waals surface area contributed by atoms with Crippen LogP contribution in [0.2, 0.25) is 5.02 Å². The van der Waals surface area contributed by atoms with Gasteiger partial charge in [0.25, 0.3) is 0 Å². The van der Waals surface area contributed by atoms with Crippen molar-refractivity contribution in [2.75, 3.05) is 13.1 Å². The zero-order chi connectivity index (χ0) is 13.1. The third-order valence-electron chi connectivity index (χ3n) is 3.65. The second kappa shape index (κ2) is 6.00. The number of halogens is 2. The molecule has 1 aromatic carbocycles. The van der Waals surface area contributed by atoms with Crippen molar-refractivity contribution in [3.05, 3.63) is 34.6 Å². The minimum absolute atomic E-state index is 0.219. The van der Waals surface area contributed by atoms with E-state index in [9.17, 15) is 9.50 Å². The van der Waals surface area contributed by atoms with Crippen molar-refractivity contribution in [1.82, 2.24) is 4.90 Å². The van der Waals surface area contributed by atoms with Gasteiger partial charge in [0.1, 0.15) is 5.82 Å². The van der Waals surface area contributed by atoms with E-state index in [-0.39, 0.29) is 16.9 Å².